The molecule has 0 amide bonds. The van der Waals surface area contributed by atoms with Crippen LogP contribution in [0, 0.1) is 6.92 Å². The summed E-state index contributed by atoms with van der Waals surface area (Å²) in [6.07, 6.45) is 2.62. The van der Waals surface area contributed by atoms with Crippen LogP contribution in [-0.2, 0) is 0 Å². The van der Waals surface area contributed by atoms with Crippen LogP contribution in [0.3, 0.4) is 0 Å². The van der Waals surface area contributed by atoms with Gasteiger partial charge in [0, 0.05) is 0 Å². The Kier molecular flexibility index (Phi) is 2.47. The minimum absolute atomic E-state index is 0.545. The largest absolute Gasteiger partial charge is 0.387 e. The number of hydrogen-bond donors (Lipinski definition) is 1. The molecule has 2 aromatic rings. The van der Waals surface area contributed by atoms with Gasteiger partial charge in [-0.25, -0.2) is 9.67 Å². The molecule has 0 aliphatic carbocycles. The van der Waals surface area contributed by atoms with Crippen molar-refractivity contribution in [3.05, 3.63) is 36.2 Å². The molecule has 0 aromatic carbocycles. The minimum atomic E-state index is -0.545. The predicted molar refractivity (Wildman–Crippen MR) is 54.5 cm³/mol. The third-order valence-corrected chi connectivity index (χ3v) is 2.16. The van der Waals surface area contributed by atoms with Gasteiger partial charge in [0.05, 0.1) is 23.7 Å². The fourth-order valence-electron chi connectivity index (χ4n) is 1.32. The Labute approximate surface area is 87.4 Å². The molecule has 0 saturated heterocycles. The normalized spacial score (nSPS) is 12.7. The van der Waals surface area contributed by atoms with Gasteiger partial charge >= 0.3 is 0 Å². The van der Waals surface area contributed by atoms with Crippen molar-refractivity contribution in [2.24, 2.45) is 0 Å². The maximum Gasteiger partial charge on any atom is 0.138 e. The van der Waals surface area contributed by atoms with Crippen molar-refractivity contribution in [1.82, 2.24) is 19.7 Å². The van der Waals surface area contributed by atoms with Crippen LogP contribution in [0.25, 0.3) is 5.69 Å². The SMILES string of the molecule is Cc1ncnn1-c1ccc(C(C)O)nc1. The van der Waals surface area contributed by atoms with Crippen LogP contribution in [0.2, 0.25) is 0 Å². The molecule has 0 spiro atoms. The molecule has 2 aromatic heterocycles. The van der Waals surface area contributed by atoms with Crippen molar-refractivity contribution < 1.29 is 5.11 Å². The van der Waals surface area contributed by atoms with Crippen molar-refractivity contribution in [3.63, 3.8) is 0 Å². The zero-order valence-corrected chi connectivity index (χ0v) is 8.62. The zero-order chi connectivity index (χ0) is 10.8. The van der Waals surface area contributed by atoms with Gasteiger partial charge in [0.25, 0.3) is 0 Å². The number of aliphatic hydroxyl groups excluding tert-OH is 1. The number of aliphatic hydroxyl groups is 1. The van der Waals surface area contributed by atoms with E-state index in [9.17, 15) is 5.11 Å². The van der Waals surface area contributed by atoms with Gasteiger partial charge in [0.1, 0.15) is 12.2 Å². The van der Waals surface area contributed by atoms with E-state index < -0.39 is 6.10 Å². The molecule has 2 rings (SSSR count). The first-order valence-corrected chi connectivity index (χ1v) is 4.69. The highest BCUT2D eigenvalue weighted by molar-refractivity contribution is 5.29. The zero-order valence-electron chi connectivity index (χ0n) is 8.62. The number of hydrogen-bond acceptors (Lipinski definition) is 4. The van der Waals surface area contributed by atoms with Gasteiger partial charge < -0.3 is 5.11 Å². The molecule has 15 heavy (non-hydrogen) atoms. The Bertz CT molecular complexity index is 447. The van der Waals surface area contributed by atoms with Gasteiger partial charge in [-0.2, -0.15) is 5.10 Å². The van der Waals surface area contributed by atoms with Crippen LogP contribution in [-0.4, -0.2) is 24.9 Å². The molecule has 0 radical (unpaired) electrons. The highest BCUT2D eigenvalue weighted by atomic mass is 16.3. The maximum absolute atomic E-state index is 9.30. The summed E-state index contributed by atoms with van der Waals surface area (Å²) < 4.78 is 1.69. The lowest BCUT2D eigenvalue weighted by Crippen LogP contribution is -2.02. The summed E-state index contributed by atoms with van der Waals surface area (Å²) in [6.45, 7) is 3.55. The summed E-state index contributed by atoms with van der Waals surface area (Å²) in [7, 11) is 0. The fourth-order valence-corrected chi connectivity index (χ4v) is 1.32. The summed E-state index contributed by atoms with van der Waals surface area (Å²) in [5.41, 5.74) is 1.49. The molecule has 1 atom stereocenters. The Morgan fingerprint density at radius 1 is 1.33 bits per heavy atom. The third-order valence-electron chi connectivity index (χ3n) is 2.16. The topological polar surface area (TPSA) is 63.8 Å². The van der Waals surface area contributed by atoms with E-state index in [1.165, 1.54) is 6.33 Å². The lowest BCUT2D eigenvalue weighted by atomic mass is 10.2. The Morgan fingerprint density at radius 3 is 2.60 bits per heavy atom. The first-order chi connectivity index (χ1) is 7.18. The van der Waals surface area contributed by atoms with Gasteiger partial charge in [-0.15, -0.1) is 0 Å². The van der Waals surface area contributed by atoms with E-state index in [1.807, 2.05) is 13.0 Å². The van der Waals surface area contributed by atoms with Crippen LogP contribution in [0.4, 0.5) is 0 Å². The fraction of sp³-hybridized carbons (Fsp3) is 0.300. The second kappa shape index (κ2) is 3.78. The molecular formula is C10H12N4O. The van der Waals surface area contributed by atoms with Gasteiger partial charge in [0.2, 0.25) is 0 Å². The van der Waals surface area contributed by atoms with Crippen molar-refractivity contribution in [1.29, 1.82) is 0 Å². The number of aryl methyl sites for hydroxylation is 1. The van der Waals surface area contributed by atoms with Gasteiger partial charge in [0.15, 0.2) is 0 Å². The van der Waals surface area contributed by atoms with E-state index in [1.54, 1.807) is 23.9 Å². The van der Waals surface area contributed by atoms with Gasteiger partial charge in [-0.3, -0.25) is 4.98 Å². The second-order valence-electron chi connectivity index (χ2n) is 3.34. The monoisotopic (exact) mass is 204 g/mol. The molecule has 1 N–H and O–H groups in total. The van der Waals surface area contributed by atoms with E-state index in [0.717, 1.165) is 11.5 Å². The van der Waals surface area contributed by atoms with E-state index >= 15 is 0 Å². The van der Waals surface area contributed by atoms with Crippen molar-refractivity contribution in [3.8, 4) is 5.69 Å². The van der Waals surface area contributed by atoms with Gasteiger partial charge in [-0.05, 0) is 26.0 Å². The molecule has 1 unspecified atom stereocenters. The molecule has 0 aliphatic heterocycles. The minimum Gasteiger partial charge on any atom is -0.387 e. The number of aromatic nitrogens is 4. The Balaban J connectivity index is 2.36. The van der Waals surface area contributed by atoms with Crippen LogP contribution in [0.1, 0.15) is 24.5 Å². The molecule has 78 valence electrons. The molecule has 0 bridgehead atoms. The van der Waals surface area contributed by atoms with E-state index in [-0.39, 0.29) is 0 Å². The Hall–Kier alpha value is -1.75. The van der Waals surface area contributed by atoms with Crippen LogP contribution < -0.4 is 0 Å². The molecule has 5 heteroatoms. The average molecular weight is 204 g/mol. The number of pyridine rings is 1. The van der Waals surface area contributed by atoms with E-state index in [4.69, 9.17) is 0 Å². The first kappa shape index (κ1) is 9.79. The van der Waals surface area contributed by atoms with Crippen LogP contribution >= 0.6 is 0 Å². The molecule has 0 aliphatic rings. The highest BCUT2D eigenvalue weighted by Gasteiger charge is 2.05. The lowest BCUT2D eigenvalue weighted by molar-refractivity contribution is 0.194. The molecular weight excluding hydrogens is 192 g/mol. The predicted octanol–water partition coefficient (Wildman–Crippen LogP) is 1.02. The summed E-state index contributed by atoms with van der Waals surface area (Å²) in [6, 6.07) is 3.64. The molecule has 5 nitrogen and oxygen atoms in total. The van der Waals surface area contributed by atoms with Crippen molar-refractivity contribution in [2.75, 3.05) is 0 Å². The smallest absolute Gasteiger partial charge is 0.138 e. The average Bonchev–Trinajstić information content (AvgIpc) is 2.65. The summed E-state index contributed by atoms with van der Waals surface area (Å²) in [5.74, 6) is 0.807. The van der Waals surface area contributed by atoms with Crippen LogP contribution in [0.15, 0.2) is 24.7 Å². The summed E-state index contributed by atoms with van der Waals surface area (Å²) >= 11 is 0. The quantitative estimate of drug-likeness (QED) is 0.793. The molecule has 0 saturated carbocycles. The number of rotatable bonds is 2. The van der Waals surface area contributed by atoms with Crippen molar-refractivity contribution in [2.45, 2.75) is 20.0 Å². The third kappa shape index (κ3) is 1.87. The lowest BCUT2D eigenvalue weighted by Gasteiger charge is -2.05. The number of nitrogens with zero attached hydrogens (tertiary/aromatic N) is 4. The maximum atomic E-state index is 9.30. The first-order valence-electron chi connectivity index (χ1n) is 4.69. The molecule has 0 fully saturated rings. The summed E-state index contributed by atoms with van der Waals surface area (Å²) in [5, 5.41) is 13.4. The standard InChI is InChI=1S/C10H12N4O/c1-7(15)10-4-3-9(5-11-10)14-8(2)12-6-13-14/h3-7,15H,1-2H3. The molecule has 2 heterocycles. The van der Waals surface area contributed by atoms with E-state index in [2.05, 4.69) is 15.1 Å². The van der Waals surface area contributed by atoms with E-state index in [0.29, 0.717) is 5.69 Å². The summed E-state index contributed by atoms with van der Waals surface area (Å²) in [4.78, 5) is 8.16. The highest BCUT2D eigenvalue weighted by Crippen LogP contribution is 2.11. The van der Waals surface area contributed by atoms with Crippen LogP contribution in [0.5, 0.6) is 0 Å². The Morgan fingerprint density at radius 2 is 2.13 bits per heavy atom. The van der Waals surface area contributed by atoms with Gasteiger partial charge in [-0.1, -0.05) is 0 Å². The van der Waals surface area contributed by atoms with Crippen molar-refractivity contribution >= 4 is 0 Å². The second-order valence-corrected chi connectivity index (χ2v) is 3.34.